The number of hydrogen-bond donors (Lipinski definition) is 2. The van der Waals surface area contributed by atoms with Crippen molar-refractivity contribution in [2.45, 2.75) is 18.3 Å². The van der Waals surface area contributed by atoms with Crippen LogP contribution in [0.4, 0.5) is 18.9 Å². The van der Waals surface area contributed by atoms with Gasteiger partial charge in [-0.1, -0.05) is 11.6 Å². The van der Waals surface area contributed by atoms with Gasteiger partial charge in [-0.15, -0.1) is 0 Å². The van der Waals surface area contributed by atoms with Crippen LogP contribution >= 0.6 is 11.6 Å². The van der Waals surface area contributed by atoms with E-state index >= 15 is 0 Å². The van der Waals surface area contributed by atoms with Gasteiger partial charge < -0.3 is 15.2 Å². The van der Waals surface area contributed by atoms with Gasteiger partial charge in [-0.3, -0.25) is 0 Å². The molecule has 2 rings (SSSR count). The van der Waals surface area contributed by atoms with Gasteiger partial charge in [0.05, 0.1) is 35.9 Å². The topological polar surface area (TPSA) is 41.5 Å². The van der Waals surface area contributed by atoms with Crippen molar-refractivity contribution in [3.05, 3.63) is 28.8 Å². The van der Waals surface area contributed by atoms with Crippen LogP contribution in [0.3, 0.4) is 0 Å². The van der Waals surface area contributed by atoms with E-state index < -0.39 is 23.9 Å². The van der Waals surface area contributed by atoms with Crippen molar-refractivity contribution in [3.63, 3.8) is 0 Å². The molecule has 0 spiro atoms. The molecule has 0 radical (unpaired) electrons. The third kappa shape index (κ3) is 2.88. The maximum absolute atomic E-state index is 12.6. The molecule has 0 aliphatic carbocycles. The van der Waals surface area contributed by atoms with E-state index in [0.29, 0.717) is 0 Å². The van der Waals surface area contributed by atoms with Gasteiger partial charge in [0.15, 0.2) is 0 Å². The molecule has 2 N–H and O–H groups in total. The molecule has 2 atom stereocenters. The van der Waals surface area contributed by atoms with Crippen LogP contribution in [0.5, 0.6) is 0 Å². The van der Waals surface area contributed by atoms with Crippen molar-refractivity contribution in [3.8, 4) is 0 Å². The molecular weight excluding hydrogens is 271 g/mol. The molecule has 18 heavy (non-hydrogen) atoms. The van der Waals surface area contributed by atoms with Crippen LogP contribution in [0.2, 0.25) is 5.02 Å². The maximum atomic E-state index is 12.6. The number of halogens is 4. The summed E-state index contributed by atoms with van der Waals surface area (Å²) in [5.41, 5.74) is -0.649. The van der Waals surface area contributed by atoms with Gasteiger partial charge in [-0.05, 0) is 18.2 Å². The second-order valence-corrected chi connectivity index (χ2v) is 4.46. The lowest BCUT2D eigenvalue weighted by molar-refractivity contribution is -0.137. The second-order valence-electron chi connectivity index (χ2n) is 4.05. The standard InChI is InChI=1S/C11H11ClF3NO2/c12-8-2-1-6(3-7(8)11(13,14)15)16-9-4-18-5-10(9)17/h1-3,9-10,16-17H,4-5H2. The molecule has 7 heteroatoms. The average Bonchev–Trinajstić information content (AvgIpc) is 2.66. The fourth-order valence-corrected chi connectivity index (χ4v) is 1.95. The number of aliphatic hydroxyl groups is 1. The number of aliphatic hydroxyl groups excluding tert-OH is 1. The Morgan fingerprint density at radius 3 is 2.61 bits per heavy atom. The van der Waals surface area contributed by atoms with Crippen molar-refractivity contribution in [1.82, 2.24) is 0 Å². The summed E-state index contributed by atoms with van der Waals surface area (Å²) >= 11 is 5.50. The first-order valence-electron chi connectivity index (χ1n) is 5.27. The van der Waals surface area contributed by atoms with E-state index in [1.807, 2.05) is 0 Å². The minimum absolute atomic E-state index is 0.178. The summed E-state index contributed by atoms with van der Waals surface area (Å²) in [5.74, 6) is 0. The summed E-state index contributed by atoms with van der Waals surface area (Å²) in [5, 5.41) is 11.9. The molecular formula is C11H11ClF3NO2. The van der Waals surface area contributed by atoms with Crippen LogP contribution in [-0.4, -0.2) is 30.5 Å². The third-order valence-corrected chi connectivity index (χ3v) is 3.00. The SMILES string of the molecule is OC1COCC1Nc1ccc(Cl)c(C(F)(F)F)c1. The van der Waals surface area contributed by atoms with Gasteiger partial charge >= 0.3 is 6.18 Å². The molecule has 0 aromatic heterocycles. The Bertz CT molecular complexity index is 439. The smallest absolute Gasteiger partial charge is 0.388 e. The van der Waals surface area contributed by atoms with Crippen LogP contribution < -0.4 is 5.32 Å². The first kappa shape index (κ1) is 13.5. The number of hydrogen-bond acceptors (Lipinski definition) is 3. The molecule has 1 saturated heterocycles. The summed E-state index contributed by atoms with van der Waals surface area (Å²) in [6.45, 7) is 0.433. The highest BCUT2D eigenvalue weighted by molar-refractivity contribution is 6.31. The Morgan fingerprint density at radius 1 is 1.33 bits per heavy atom. The van der Waals surface area contributed by atoms with Crippen LogP contribution in [0.15, 0.2) is 18.2 Å². The van der Waals surface area contributed by atoms with E-state index in [1.165, 1.54) is 12.1 Å². The molecule has 0 saturated carbocycles. The van der Waals surface area contributed by atoms with Gasteiger partial charge in [0.2, 0.25) is 0 Å². The molecule has 100 valence electrons. The zero-order chi connectivity index (χ0) is 13.3. The largest absolute Gasteiger partial charge is 0.417 e. The minimum Gasteiger partial charge on any atom is -0.388 e. The normalized spacial score (nSPS) is 24.3. The fraction of sp³-hybridized carbons (Fsp3) is 0.455. The summed E-state index contributed by atoms with van der Waals surface area (Å²) in [7, 11) is 0. The third-order valence-electron chi connectivity index (χ3n) is 2.67. The molecule has 3 nitrogen and oxygen atoms in total. The molecule has 1 aliphatic heterocycles. The molecule has 0 bridgehead atoms. The Kier molecular flexibility index (Phi) is 3.70. The number of alkyl halides is 3. The van der Waals surface area contributed by atoms with Crippen LogP contribution in [-0.2, 0) is 10.9 Å². The lowest BCUT2D eigenvalue weighted by Gasteiger charge is -2.17. The van der Waals surface area contributed by atoms with Crippen molar-refractivity contribution in [2.24, 2.45) is 0 Å². The first-order chi connectivity index (χ1) is 8.38. The highest BCUT2D eigenvalue weighted by Gasteiger charge is 2.34. The van der Waals surface area contributed by atoms with Crippen molar-refractivity contribution in [2.75, 3.05) is 18.5 Å². The Hall–Kier alpha value is -0.980. The zero-order valence-corrected chi connectivity index (χ0v) is 9.92. The van der Waals surface area contributed by atoms with E-state index in [9.17, 15) is 18.3 Å². The molecule has 1 aliphatic rings. The Labute approximate surface area is 107 Å². The van der Waals surface area contributed by atoms with Crippen molar-refractivity contribution in [1.29, 1.82) is 0 Å². The molecule has 1 fully saturated rings. The van der Waals surface area contributed by atoms with E-state index in [0.717, 1.165) is 6.07 Å². The fourth-order valence-electron chi connectivity index (χ4n) is 1.73. The lowest BCUT2D eigenvalue weighted by atomic mass is 10.1. The number of rotatable bonds is 2. The van der Waals surface area contributed by atoms with Gasteiger partial charge in [0.25, 0.3) is 0 Å². The number of nitrogens with one attached hydrogen (secondary N) is 1. The first-order valence-corrected chi connectivity index (χ1v) is 5.65. The van der Waals surface area contributed by atoms with Gasteiger partial charge in [0, 0.05) is 5.69 Å². The van der Waals surface area contributed by atoms with Gasteiger partial charge in [-0.25, -0.2) is 0 Å². The minimum atomic E-state index is -4.50. The number of ether oxygens (including phenoxy) is 1. The molecule has 1 aromatic carbocycles. The summed E-state index contributed by atoms with van der Waals surface area (Å²) in [4.78, 5) is 0. The zero-order valence-electron chi connectivity index (χ0n) is 9.17. The highest BCUT2D eigenvalue weighted by atomic mass is 35.5. The number of anilines is 1. The quantitative estimate of drug-likeness (QED) is 0.875. The maximum Gasteiger partial charge on any atom is 0.417 e. The van der Waals surface area contributed by atoms with E-state index in [1.54, 1.807) is 0 Å². The Balaban J connectivity index is 2.19. The highest BCUT2D eigenvalue weighted by Crippen LogP contribution is 2.36. The number of benzene rings is 1. The van der Waals surface area contributed by atoms with E-state index in [-0.39, 0.29) is 23.9 Å². The summed E-state index contributed by atoms with van der Waals surface area (Å²) in [6, 6.07) is 3.12. The van der Waals surface area contributed by atoms with Crippen LogP contribution in [0, 0.1) is 0 Å². The molecule has 1 aromatic rings. The van der Waals surface area contributed by atoms with Gasteiger partial charge in [-0.2, -0.15) is 13.2 Å². The monoisotopic (exact) mass is 281 g/mol. The Morgan fingerprint density at radius 2 is 2.06 bits per heavy atom. The average molecular weight is 282 g/mol. The van der Waals surface area contributed by atoms with Crippen molar-refractivity contribution >= 4 is 17.3 Å². The van der Waals surface area contributed by atoms with Crippen LogP contribution in [0.25, 0.3) is 0 Å². The van der Waals surface area contributed by atoms with Gasteiger partial charge in [0.1, 0.15) is 0 Å². The molecule has 1 heterocycles. The lowest BCUT2D eigenvalue weighted by Crippen LogP contribution is -2.31. The molecule has 2 unspecified atom stereocenters. The van der Waals surface area contributed by atoms with Crippen molar-refractivity contribution < 1.29 is 23.0 Å². The summed E-state index contributed by atoms with van der Waals surface area (Å²) < 4.78 is 42.9. The van der Waals surface area contributed by atoms with E-state index in [4.69, 9.17) is 16.3 Å². The van der Waals surface area contributed by atoms with Crippen LogP contribution in [0.1, 0.15) is 5.56 Å². The van der Waals surface area contributed by atoms with E-state index in [2.05, 4.69) is 5.32 Å². The second kappa shape index (κ2) is 4.95. The molecule has 0 amide bonds. The summed E-state index contributed by atoms with van der Waals surface area (Å²) in [6.07, 6.45) is -5.23. The predicted octanol–water partition coefficient (Wildman–Crippen LogP) is 2.53. The predicted molar refractivity (Wildman–Crippen MR) is 60.7 cm³/mol.